The minimum absolute atomic E-state index is 0.125. The number of hydrogen-bond donors (Lipinski definition) is 0. The van der Waals surface area contributed by atoms with Crippen molar-refractivity contribution in [3.8, 4) is 0 Å². The van der Waals surface area contributed by atoms with Crippen LogP contribution in [0.5, 0.6) is 0 Å². The highest BCUT2D eigenvalue weighted by atomic mass is 19.1. The quantitative estimate of drug-likeness (QED) is 0.655. The summed E-state index contributed by atoms with van der Waals surface area (Å²) >= 11 is 0. The average Bonchev–Trinajstić information content (AvgIpc) is 3.43. The zero-order valence-electron chi connectivity index (χ0n) is 20.9. The van der Waals surface area contributed by atoms with Crippen molar-refractivity contribution in [3.63, 3.8) is 0 Å². The van der Waals surface area contributed by atoms with Gasteiger partial charge in [-0.05, 0) is 67.2 Å². The van der Waals surface area contributed by atoms with E-state index < -0.39 is 6.17 Å². The molecule has 6 heteroatoms. The molecule has 180 valence electrons. The highest BCUT2D eigenvalue weighted by molar-refractivity contribution is 4.98. The van der Waals surface area contributed by atoms with Crippen LogP contribution in [0.15, 0.2) is 0 Å². The summed E-state index contributed by atoms with van der Waals surface area (Å²) in [6.07, 6.45) is 4.01. The Morgan fingerprint density at radius 3 is 2.10 bits per heavy atom. The molecule has 0 aromatic heterocycles. The monoisotopic (exact) mass is 438 g/mol. The minimum Gasteiger partial charge on any atom is -0.375 e. The molecule has 5 nitrogen and oxygen atoms in total. The SMILES string of the molecule is CC(C)(C)N1CC[C@H](N2CC[C@H](OCC3C[C@H](N4CC[C@@H](F)C4)CN3C(C)(C)C)C2)C1. The summed E-state index contributed by atoms with van der Waals surface area (Å²) in [6, 6.07) is 1.62. The van der Waals surface area contributed by atoms with Gasteiger partial charge in [0, 0.05) is 75.0 Å². The number of alkyl halides is 1. The molecular weight excluding hydrogens is 391 g/mol. The van der Waals surface area contributed by atoms with Gasteiger partial charge in [0.15, 0.2) is 0 Å². The lowest BCUT2D eigenvalue weighted by Gasteiger charge is -2.37. The summed E-state index contributed by atoms with van der Waals surface area (Å²) in [5, 5.41) is 0. The van der Waals surface area contributed by atoms with Crippen molar-refractivity contribution in [2.45, 2.75) is 109 Å². The van der Waals surface area contributed by atoms with Crippen LogP contribution in [-0.2, 0) is 4.74 Å². The molecule has 0 spiro atoms. The van der Waals surface area contributed by atoms with Gasteiger partial charge in [-0.15, -0.1) is 0 Å². The lowest BCUT2D eigenvalue weighted by molar-refractivity contribution is 0.000323. The zero-order chi connectivity index (χ0) is 22.4. The fraction of sp³-hybridized carbons (Fsp3) is 1.00. The van der Waals surface area contributed by atoms with E-state index in [4.69, 9.17) is 4.74 Å². The van der Waals surface area contributed by atoms with Crippen molar-refractivity contribution in [2.24, 2.45) is 0 Å². The molecule has 0 saturated carbocycles. The summed E-state index contributed by atoms with van der Waals surface area (Å²) in [4.78, 5) is 10.3. The molecule has 5 atom stereocenters. The number of halogens is 1. The first-order valence-corrected chi connectivity index (χ1v) is 12.8. The molecule has 0 aromatic rings. The number of ether oxygens (including phenoxy) is 1. The van der Waals surface area contributed by atoms with Crippen LogP contribution in [0.2, 0.25) is 0 Å². The maximum atomic E-state index is 13.8. The molecule has 4 heterocycles. The molecule has 4 aliphatic rings. The first kappa shape index (κ1) is 23.9. The maximum absolute atomic E-state index is 13.8. The third-order valence-electron chi connectivity index (χ3n) is 8.26. The Balaban J connectivity index is 1.27. The normalized spacial score (nSPS) is 37.5. The Morgan fingerprint density at radius 1 is 0.774 bits per heavy atom. The van der Waals surface area contributed by atoms with Gasteiger partial charge in [-0.3, -0.25) is 19.6 Å². The smallest absolute Gasteiger partial charge is 0.114 e. The topological polar surface area (TPSA) is 22.2 Å². The summed E-state index contributed by atoms with van der Waals surface area (Å²) in [5.41, 5.74) is 0.400. The summed E-state index contributed by atoms with van der Waals surface area (Å²) in [5.74, 6) is 0. The fourth-order valence-electron chi connectivity index (χ4n) is 6.33. The van der Waals surface area contributed by atoms with Crippen LogP contribution in [0, 0.1) is 0 Å². The Morgan fingerprint density at radius 2 is 1.48 bits per heavy atom. The highest BCUT2D eigenvalue weighted by Crippen LogP contribution is 2.32. The van der Waals surface area contributed by atoms with Crippen molar-refractivity contribution >= 4 is 0 Å². The van der Waals surface area contributed by atoms with Crippen molar-refractivity contribution in [2.75, 3.05) is 52.4 Å². The van der Waals surface area contributed by atoms with Crippen LogP contribution in [0.1, 0.15) is 67.2 Å². The van der Waals surface area contributed by atoms with Crippen LogP contribution in [0.4, 0.5) is 4.39 Å². The molecule has 1 unspecified atom stereocenters. The number of hydrogen-bond acceptors (Lipinski definition) is 5. The van der Waals surface area contributed by atoms with Crippen LogP contribution in [-0.4, -0.2) is 113 Å². The van der Waals surface area contributed by atoms with Crippen LogP contribution >= 0.6 is 0 Å². The highest BCUT2D eigenvalue weighted by Gasteiger charge is 2.43. The molecule has 31 heavy (non-hydrogen) atoms. The average molecular weight is 439 g/mol. The van der Waals surface area contributed by atoms with Gasteiger partial charge in [0.2, 0.25) is 0 Å². The third kappa shape index (κ3) is 5.63. The van der Waals surface area contributed by atoms with Gasteiger partial charge >= 0.3 is 0 Å². The van der Waals surface area contributed by atoms with Crippen molar-refractivity contribution in [1.82, 2.24) is 19.6 Å². The van der Waals surface area contributed by atoms with Gasteiger partial charge in [0.1, 0.15) is 6.17 Å². The lowest BCUT2D eigenvalue weighted by atomic mass is 10.0. The van der Waals surface area contributed by atoms with E-state index in [1.807, 2.05) is 0 Å². The maximum Gasteiger partial charge on any atom is 0.114 e. The Labute approximate surface area is 190 Å². The molecular formula is C25H47FN4O. The van der Waals surface area contributed by atoms with E-state index in [9.17, 15) is 4.39 Å². The van der Waals surface area contributed by atoms with E-state index in [0.29, 0.717) is 37.2 Å². The van der Waals surface area contributed by atoms with Crippen LogP contribution < -0.4 is 0 Å². The van der Waals surface area contributed by atoms with Gasteiger partial charge in [-0.1, -0.05) is 0 Å². The molecule has 4 fully saturated rings. The number of likely N-dealkylation sites (tertiary alicyclic amines) is 4. The number of rotatable bonds is 5. The summed E-state index contributed by atoms with van der Waals surface area (Å²) in [7, 11) is 0. The van der Waals surface area contributed by atoms with E-state index in [1.54, 1.807) is 0 Å². The molecule has 0 aromatic carbocycles. The standard InChI is InChI=1S/C25H47FN4O/c1-24(2,3)29-12-8-20(15-29)28-11-9-23(17-28)31-18-22-13-21(16-30(22)25(4,5)6)27-10-7-19(26)14-27/h19-23H,7-18H2,1-6H3/t19-,20+,21+,22?,23+/m1/s1. The molecule has 0 aliphatic carbocycles. The van der Waals surface area contributed by atoms with E-state index in [2.05, 4.69) is 61.1 Å². The minimum atomic E-state index is -0.632. The van der Waals surface area contributed by atoms with E-state index >= 15 is 0 Å². The van der Waals surface area contributed by atoms with Crippen molar-refractivity contribution in [3.05, 3.63) is 0 Å². The van der Waals surface area contributed by atoms with Gasteiger partial charge in [0.05, 0.1) is 12.7 Å². The van der Waals surface area contributed by atoms with Crippen molar-refractivity contribution < 1.29 is 9.13 Å². The lowest BCUT2D eigenvalue weighted by Crippen LogP contribution is -2.47. The molecule has 0 radical (unpaired) electrons. The van der Waals surface area contributed by atoms with Crippen LogP contribution in [0.3, 0.4) is 0 Å². The van der Waals surface area contributed by atoms with E-state index in [0.717, 1.165) is 39.1 Å². The second-order valence-electron chi connectivity index (χ2n) is 12.5. The molecule has 0 amide bonds. The molecule has 0 N–H and O–H groups in total. The molecule has 4 saturated heterocycles. The predicted octanol–water partition coefficient (Wildman–Crippen LogP) is 3.24. The second-order valence-corrected chi connectivity index (χ2v) is 12.5. The van der Waals surface area contributed by atoms with Gasteiger partial charge in [0.25, 0.3) is 0 Å². The predicted molar refractivity (Wildman–Crippen MR) is 125 cm³/mol. The summed E-state index contributed by atoms with van der Waals surface area (Å²) in [6.45, 7) is 22.0. The summed E-state index contributed by atoms with van der Waals surface area (Å²) < 4.78 is 20.3. The molecule has 4 rings (SSSR count). The van der Waals surface area contributed by atoms with Crippen LogP contribution in [0.25, 0.3) is 0 Å². The fourth-order valence-corrected chi connectivity index (χ4v) is 6.33. The molecule has 0 bridgehead atoms. The van der Waals surface area contributed by atoms with Gasteiger partial charge in [-0.25, -0.2) is 4.39 Å². The second kappa shape index (κ2) is 9.17. The Hall–Kier alpha value is -0.270. The van der Waals surface area contributed by atoms with Gasteiger partial charge in [-0.2, -0.15) is 0 Å². The number of nitrogens with zero attached hydrogens (tertiary/aromatic N) is 4. The Kier molecular flexibility index (Phi) is 7.06. The van der Waals surface area contributed by atoms with Crippen molar-refractivity contribution in [1.29, 1.82) is 0 Å². The first-order chi connectivity index (χ1) is 14.5. The largest absolute Gasteiger partial charge is 0.375 e. The van der Waals surface area contributed by atoms with E-state index in [-0.39, 0.29) is 11.1 Å². The van der Waals surface area contributed by atoms with E-state index in [1.165, 1.54) is 26.1 Å². The Bertz CT molecular complexity index is 603. The zero-order valence-corrected chi connectivity index (χ0v) is 20.9. The van der Waals surface area contributed by atoms with Gasteiger partial charge < -0.3 is 4.74 Å². The molecule has 4 aliphatic heterocycles. The first-order valence-electron chi connectivity index (χ1n) is 12.8. The third-order valence-corrected chi connectivity index (χ3v) is 8.26.